The highest BCUT2D eigenvalue weighted by atomic mass is 79.9. The molecule has 1 N–H and O–H groups in total. The first-order valence-corrected chi connectivity index (χ1v) is 8.95. The van der Waals surface area contributed by atoms with E-state index in [2.05, 4.69) is 37.2 Å². The van der Waals surface area contributed by atoms with Crippen LogP contribution in [0.1, 0.15) is 5.56 Å². The van der Waals surface area contributed by atoms with Gasteiger partial charge in [-0.3, -0.25) is 5.10 Å². The number of halogens is 2. The van der Waals surface area contributed by atoms with E-state index < -0.39 is 0 Å². The first-order valence-electron chi connectivity index (χ1n) is 6.80. The van der Waals surface area contributed by atoms with Crippen LogP contribution in [0.2, 0.25) is 5.02 Å². The zero-order valence-corrected chi connectivity index (χ0v) is 15.4. The Morgan fingerprint density at radius 1 is 1.26 bits per heavy atom. The van der Waals surface area contributed by atoms with Crippen LogP contribution >= 0.6 is 39.3 Å². The summed E-state index contributed by atoms with van der Waals surface area (Å²) in [6.45, 7) is 0. The minimum atomic E-state index is 0.625. The minimum absolute atomic E-state index is 0.625. The van der Waals surface area contributed by atoms with E-state index in [1.807, 2.05) is 30.3 Å². The molecule has 0 amide bonds. The van der Waals surface area contributed by atoms with Gasteiger partial charge in [0, 0.05) is 15.2 Å². The Labute approximate surface area is 151 Å². The molecule has 3 aromatic rings. The second kappa shape index (κ2) is 7.38. The standard InChI is InChI=1S/C16H13BrClN3OS/c1-22-14-7-6-11(18)8-12(14)15-19-16(21-20-15)23-9-10-4-2-3-5-13(10)17/h2-8H,9H2,1H3,(H,19,20,21). The summed E-state index contributed by atoms with van der Waals surface area (Å²) in [5, 5.41) is 8.50. The molecule has 0 aliphatic carbocycles. The lowest BCUT2D eigenvalue weighted by molar-refractivity contribution is 0.416. The SMILES string of the molecule is COc1ccc(Cl)cc1-c1nc(SCc2ccccc2Br)n[nH]1. The van der Waals surface area contributed by atoms with Crippen molar-refractivity contribution < 1.29 is 4.74 Å². The lowest BCUT2D eigenvalue weighted by Gasteiger charge is -2.05. The summed E-state index contributed by atoms with van der Waals surface area (Å²) in [4.78, 5) is 4.52. The molecular formula is C16H13BrClN3OS. The van der Waals surface area contributed by atoms with Gasteiger partial charge in [-0.25, -0.2) is 4.98 Å². The van der Waals surface area contributed by atoms with Crippen molar-refractivity contribution in [2.75, 3.05) is 7.11 Å². The van der Waals surface area contributed by atoms with Gasteiger partial charge in [0.15, 0.2) is 5.82 Å². The van der Waals surface area contributed by atoms with E-state index in [1.165, 1.54) is 5.56 Å². The minimum Gasteiger partial charge on any atom is -0.496 e. The summed E-state index contributed by atoms with van der Waals surface area (Å²) in [6, 6.07) is 13.5. The Bertz CT molecular complexity index is 825. The number of H-pyrrole nitrogens is 1. The first-order chi connectivity index (χ1) is 11.2. The Kier molecular flexibility index (Phi) is 5.25. The van der Waals surface area contributed by atoms with Gasteiger partial charge in [0.25, 0.3) is 0 Å². The normalized spacial score (nSPS) is 10.7. The zero-order chi connectivity index (χ0) is 16.2. The molecule has 7 heteroatoms. The fourth-order valence-electron chi connectivity index (χ4n) is 2.05. The number of benzene rings is 2. The molecule has 1 heterocycles. The molecule has 0 unspecified atom stereocenters. The van der Waals surface area contributed by atoms with Gasteiger partial charge in [-0.1, -0.05) is 57.5 Å². The molecule has 0 fully saturated rings. The number of nitrogens with one attached hydrogen (secondary N) is 1. The van der Waals surface area contributed by atoms with Gasteiger partial charge in [0.1, 0.15) is 5.75 Å². The molecule has 1 aromatic heterocycles. The van der Waals surface area contributed by atoms with E-state index in [0.29, 0.717) is 21.8 Å². The van der Waals surface area contributed by atoms with Gasteiger partial charge in [0.2, 0.25) is 5.16 Å². The molecule has 2 aromatic carbocycles. The molecule has 23 heavy (non-hydrogen) atoms. The highest BCUT2D eigenvalue weighted by molar-refractivity contribution is 9.10. The summed E-state index contributed by atoms with van der Waals surface area (Å²) in [6.07, 6.45) is 0. The average Bonchev–Trinajstić information content (AvgIpc) is 3.03. The van der Waals surface area contributed by atoms with Crippen molar-refractivity contribution in [1.29, 1.82) is 0 Å². The third kappa shape index (κ3) is 3.88. The Morgan fingerprint density at radius 3 is 2.87 bits per heavy atom. The highest BCUT2D eigenvalue weighted by Gasteiger charge is 2.12. The predicted octanol–water partition coefficient (Wildman–Crippen LogP) is 5.19. The van der Waals surface area contributed by atoms with Crippen molar-refractivity contribution >= 4 is 39.3 Å². The Balaban J connectivity index is 1.79. The van der Waals surface area contributed by atoms with Crippen molar-refractivity contribution in [2.24, 2.45) is 0 Å². The quantitative estimate of drug-likeness (QED) is 0.588. The molecule has 0 radical (unpaired) electrons. The number of thioether (sulfide) groups is 1. The van der Waals surface area contributed by atoms with Crippen molar-refractivity contribution in [3.05, 3.63) is 57.5 Å². The van der Waals surface area contributed by atoms with Crippen LogP contribution in [0.4, 0.5) is 0 Å². The molecular weight excluding hydrogens is 398 g/mol. The predicted molar refractivity (Wildman–Crippen MR) is 97.1 cm³/mol. The van der Waals surface area contributed by atoms with Gasteiger partial charge < -0.3 is 4.74 Å². The topological polar surface area (TPSA) is 50.8 Å². The van der Waals surface area contributed by atoms with Gasteiger partial charge in [-0.15, -0.1) is 5.10 Å². The number of methoxy groups -OCH3 is 1. The molecule has 4 nitrogen and oxygen atoms in total. The van der Waals surface area contributed by atoms with Crippen LogP contribution in [0.5, 0.6) is 5.75 Å². The monoisotopic (exact) mass is 409 g/mol. The average molecular weight is 411 g/mol. The van der Waals surface area contributed by atoms with E-state index in [-0.39, 0.29) is 0 Å². The van der Waals surface area contributed by atoms with Gasteiger partial charge in [-0.2, -0.15) is 0 Å². The lowest BCUT2D eigenvalue weighted by atomic mass is 10.2. The molecule has 3 rings (SSSR count). The van der Waals surface area contributed by atoms with E-state index in [1.54, 1.807) is 24.9 Å². The van der Waals surface area contributed by atoms with E-state index in [9.17, 15) is 0 Å². The number of aromatic amines is 1. The number of ether oxygens (including phenoxy) is 1. The molecule has 0 bridgehead atoms. The van der Waals surface area contributed by atoms with E-state index >= 15 is 0 Å². The van der Waals surface area contributed by atoms with Crippen LogP contribution in [0.25, 0.3) is 11.4 Å². The number of nitrogens with zero attached hydrogens (tertiary/aromatic N) is 2. The van der Waals surface area contributed by atoms with Crippen LogP contribution < -0.4 is 4.74 Å². The fourth-order valence-corrected chi connectivity index (χ4v) is 3.64. The molecule has 0 aliphatic rings. The molecule has 0 aliphatic heterocycles. The highest BCUT2D eigenvalue weighted by Crippen LogP contribution is 2.32. The third-order valence-corrected chi connectivity index (χ3v) is 5.10. The van der Waals surface area contributed by atoms with Gasteiger partial charge in [-0.05, 0) is 29.8 Å². The molecule has 0 saturated carbocycles. The van der Waals surface area contributed by atoms with E-state index in [0.717, 1.165) is 15.8 Å². The van der Waals surface area contributed by atoms with Crippen molar-refractivity contribution in [1.82, 2.24) is 15.2 Å². The number of hydrogen-bond donors (Lipinski definition) is 1. The zero-order valence-electron chi connectivity index (χ0n) is 12.2. The largest absolute Gasteiger partial charge is 0.496 e. The smallest absolute Gasteiger partial charge is 0.209 e. The molecule has 0 saturated heterocycles. The number of aromatic nitrogens is 3. The number of rotatable bonds is 5. The van der Waals surface area contributed by atoms with Gasteiger partial charge >= 0.3 is 0 Å². The fraction of sp³-hybridized carbons (Fsp3) is 0.125. The summed E-state index contributed by atoms with van der Waals surface area (Å²) in [7, 11) is 1.62. The summed E-state index contributed by atoms with van der Waals surface area (Å²) >= 11 is 11.2. The van der Waals surface area contributed by atoms with Crippen molar-refractivity contribution in [3.63, 3.8) is 0 Å². The van der Waals surface area contributed by atoms with Crippen LogP contribution in [-0.4, -0.2) is 22.3 Å². The lowest BCUT2D eigenvalue weighted by Crippen LogP contribution is -1.89. The molecule has 118 valence electrons. The summed E-state index contributed by atoms with van der Waals surface area (Å²) in [5.74, 6) is 2.12. The second-order valence-electron chi connectivity index (χ2n) is 4.69. The van der Waals surface area contributed by atoms with Crippen LogP contribution in [0.15, 0.2) is 52.1 Å². The first kappa shape index (κ1) is 16.4. The van der Waals surface area contributed by atoms with Crippen LogP contribution in [0.3, 0.4) is 0 Å². The second-order valence-corrected chi connectivity index (χ2v) is 6.92. The van der Waals surface area contributed by atoms with E-state index in [4.69, 9.17) is 16.3 Å². The Hall–Kier alpha value is -1.50. The molecule has 0 spiro atoms. The third-order valence-electron chi connectivity index (χ3n) is 3.20. The Morgan fingerprint density at radius 2 is 2.09 bits per heavy atom. The van der Waals surface area contributed by atoms with Crippen LogP contribution in [-0.2, 0) is 5.75 Å². The van der Waals surface area contributed by atoms with Crippen molar-refractivity contribution in [2.45, 2.75) is 10.9 Å². The van der Waals surface area contributed by atoms with Gasteiger partial charge in [0.05, 0.1) is 12.7 Å². The maximum absolute atomic E-state index is 6.06. The maximum atomic E-state index is 6.06. The summed E-state index contributed by atoms with van der Waals surface area (Å²) < 4.78 is 6.43. The maximum Gasteiger partial charge on any atom is 0.209 e. The molecule has 0 atom stereocenters. The summed E-state index contributed by atoms with van der Waals surface area (Å²) in [5.41, 5.74) is 1.99. The number of hydrogen-bond acceptors (Lipinski definition) is 4. The van der Waals surface area contributed by atoms with Crippen LogP contribution in [0, 0.1) is 0 Å². The van der Waals surface area contributed by atoms with Crippen molar-refractivity contribution in [3.8, 4) is 17.1 Å².